The van der Waals surface area contributed by atoms with Gasteiger partial charge in [0.05, 0.1) is 12.7 Å². The van der Waals surface area contributed by atoms with Gasteiger partial charge >= 0.3 is 5.69 Å². The molecule has 24 heavy (non-hydrogen) atoms. The molecule has 0 unspecified atom stereocenters. The summed E-state index contributed by atoms with van der Waals surface area (Å²) in [4.78, 5) is 15.9. The number of rotatable bonds is 4. The van der Waals surface area contributed by atoms with Crippen LogP contribution in [0.2, 0.25) is 0 Å². The molecule has 3 rings (SSSR count). The first kappa shape index (κ1) is 16.4. The summed E-state index contributed by atoms with van der Waals surface area (Å²) in [6.07, 6.45) is 3.18. The predicted molar refractivity (Wildman–Crippen MR) is 89.9 cm³/mol. The number of anilines is 1. The highest BCUT2D eigenvalue weighted by atomic mass is 16.5. The molecule has 1 aliphatic heterocycles. The molecule has 4 N–H and O–H groups in total. The third kappa shape index (κ3) is 3.38. The zero-order valence-corrected chi connectivity index (χ0v) is 12.9. The number of nitrogen functional groups attached to an aromatic ring is 1. The minimum Gasteiger partial charge on any atom is -0.394 e. The summed E-state index contributed by atoms with van der Waals surface area (Å²) in [6.45, 7) is -0.310. The molecule has 7 nitrogen and oxygen atoms in total. The van der Waals surface area contributed by atoms with Gasteiger partial charge in [0.15, 0.2) is 0 Å². The molecule has 0 saturated carbocycles. The Labute approximate surface area is 138 Å². The third-order valence-electron chi connectivity index (χ3n) is 3.96. The van der Waals surface area contributed by atoms with Gasteiger partial charge in [-0.3, -0.25) is 4.57 Å². The first-order valence-corrected chi connectivity index (χ1v) is 7.64. The van der Waals surface area contributed by atoms with Gasteiger partial charge in [-0.05, 0) is 11.6 Å². The summed E-state index contributed by atoms with van der Waals surface area (Å²) >= 11 is 0. The molecule has 2 heterocycles. The Balaban J connectivity index is 1.89. The molecule has 7 heteroatoms. The highest BCUT2D eigenvalue weighted by Gasteiger charge is 2.35. The zero-order valence-electron chi connectivity index (χ0n) is 12.9. The van der Waals surface area contributed by atoms with E-state index in [-0.39, 0.29) is 18.8 Å². The topological polar surface area (TPSA) is 111 Å². The molecule has 1 aromatic carbocycles. The molecular weight excluding hydrogens is 310 g/mol. The second kappa shape index (κ2) is 6.96. The molecule has 0 spiro atoms. The van der Waals surface area contributed by atoms with Gasteiger partial charge < -0.3 is 20.7 Å². The maximum Gasteiger partial charge on any atom is 0.351 e. The number of nitrogens with two attached hydrogens (primary N) is 1. The van der Waals surface area contributed by atoms with E-state index >= 15 is 0 Å². The second-order valence-electron chi connectivity index (χ2n) is 5.63. The highest BCUT2D eigenvalue weighted by Crippen LogP contribution is 2.28. The van der Waals surface area contributed by atoms with Crippen molar-refractivity contribution in [1.29, 1.82) is 0 Å². The van der Waals surface area contributed by atoms with Crippen LogP contribution >= 0.6 is 0 Å². The zero-order chi connectivity index (χ0) is 17.1. The Morgan fingerprint density at radius 3 is 2.75 bits per heavy atom. The van der Waals surface area contributed by atoms with Crippen LogP contribution in [0.3, 0.4) is 0 Å². The van der Waals surface area contributed by atoms with Gasteiger partial charge in [-0.1, -0.05) is 36.4 Å². The first-order chi connectivity index (χ1) is 11.6. The maximum atomic E-state index is 12.1. The lowest BCUT2D eigenvalue weighted by molar-refractivity contribution is -0.0458. The molecule has 0 aliphatic carbocycles. The standard InChI is InChI=1S/C17H19N3O4/c18-16-12(7-6-11-4-2-1-3-5-11)9-20(17(23)19-16)15-8-13(22)14(10-21)24-15/h1-7,9,13-15,21-22H,8,10H2,(H2,18,19,23)/b7-6+/t13-,14+,15+/m0/s1. The molecule has 126 valence electrons. The second-order valence-corrected chi connectivity index (χ2v) is 5.63. The van der Waals surface area contributed by atoms with E-state index in [9.17, 15) is 9.90 Å². The Bertz CT molecular complexity index is 788. The molecular formula is C17H19N3O4. The minimum atomic E-state index is -0.826. The lowest BCUT2D eigenvalue weighted by atomic mass is 10.1. The van der Waals surface area contributed by atoms with E-state index in [1.807, 2.05) is 36.4 Å². The molecule has 0 radical (unpaired) electrons. The number of ether oxygens (including phenoxy) is 1. The minimum absolute atomic E-state index is 0.126. The lowest BCUT2D eigenvalue weighted by Crippen LogP contribution is -2.28. The van der Waals surface area contributed by atoms with Crippen molar-refractivity contribution >= 4 is 18.0 Å². The van der Waals surface area contributed by atoms with E-state index in [1.165, 1.54) is 4.57 Å². The van der Waals surface area contributed by atoms with Gasteiger partial charge in [-0.15, -0.1) is 0 Å². The van der Waals surface area contributed by atoms with E-state index in [1.54, 1.807) is 12.3 Å². The van der Waals surface area contributed by atoms with Crippen molar-refractivity contribution < 1.29 is 14.9 Å². The summed E-state index contributed by atoms with van der Waals surface area (Å²) in [6, 6.07) is 9.65. The average molecular weight is 329 g/mol. The van der Waals surface area contributed by atoms with Crippen LogP contribution in [0, 0.1) is 0 Å². The highest BCUT2D eigenvalue weighted by molar-refractivity contribution is 5.73. The quantitative estimate of drug-likeness (QED) is 0.759. The Morgan fingerprint density at radius 1 is 1.33 bits per heavy atom. The molecule has 1 saturated heterocycles. The largest absolute Gasteiger partial charge is 0.394 e. The van der Waals surface area contributed by atoms with Crippen LogP contribution < -0.4 is 11.4 Å². The molecule has 0 amide bonds. The summed E-state index contributed by atoms with van der Waals surface area (Å²) < 4.78 is 6.80. The van der Waals surface area contributed by atoms with Gasteiger partial charge in [0.2, 0.25) is 0 Å². The molecule has 3 atom stereocenters. The van der Waals surface area contributed by atoms with Crippen molar-refractivity contribution in [3.63, 3.8) is 0 Å². The summed E-state index contributed by atoms with van der Waals surface area (Å²) in [5.41, 5.74) is 6.83. The van der Waals surface area contributed by atoms with Crippen molar-refractivity contribution in [3.05, 3.63) is 58.1 Å². The molecule has 1 aromatic heterocycles. The summed E-state index contributed by atoms with van der Waals surface area (Å²) in [5.74, 6) is 0.126. The normalized spacial score (nSPS) is 23.8. The van der Waals surface area contributed by atoms with Crippen LogP contribution in [0.4, 0.5) is 5.82 Å². The van der Waals surface area contributed by atoms with Crippen molar-refractivity contribution in [3.8, 4) is 0 Å². The molecule has 1 aliphatic rings. The van der Waals surface area contributed by atoms with Gasteiger partial charge in [0.25, 0.3) is 0 Å². The average Bonchev–Trinajstić information content (AvgIpc) is 2.95. The molecule has 1 fully saturated rings. The number of aliphatic hydroxyl groups is 2. The van der Waals surface area contributed by atoms with E-state index in [0.717, 1.165) is 5.56 Å². The van der Waals surface area contributed by atoms with Gasteiger partial charge in [-0.2, -0.15) is 4.98 Å². The number of hydrogen-bond acceptors (Lipinski definition) is 6. The fourth-order valence-corrected chi connectivity index (χ4v) is 2.63. The van der Waals surface area contributed by atoms with Gasteiger partial charge in [0.1, 0.15) is 18.1 Å². The first-order valence-electron chi connectivity index (χ1n) is 7.64. The van der Waals surface area contributed by atoms with E-state index < -0.39 is 24.1 Å². The fourth-order valence-electron chi connectivity index (χ4n) is 2.63. The van der Waals surface area contributed by atoms with E-state index in [0.29, 0.717) is 5.56 Å². The maximum absolute atomic E-state index is 12.1. The fraction of sp³-hybridized carbons (Fsp3) is 0.294. The lowest BCUT2D eigenvalue weighted by Gasteiger charge is -2.15. The van der Waals surface area contributed by atoms with Gasteiger partial charge in [0, 0.05) is 18.2 Å². The van der Waals surface area contributed by atoms with E-state index in [4.69, 9.17) is 15.6 Å². The van der Waals surface area contributed by atoms with Gasteiger partial charge in [-0.25, -0.2) is 4.79 Å². The monoisotopic (exact) mass is 329 g/mol. The SMILES string of the molecule is Nc1nc(=O)n([C@H]2C[C@H](O)[C@@H](CO)O2)cc1/C=C/c1ccccc1. The Kier molecular flexibility index (Phi) is 4.75. The van der Waals surface area contributed by atoms with Crippen molar-refractivity contribution in [2.24, 2.45) is 0 Å². The number of aliphatic hydroxyl groups excluding tert-OH is 2. The summed E-state index contributed by atoms with van der Waals surface area (Å²) in [5, 5.41) is 19.0. The summed E-state index contributed by atoms with van der Waals surface area (Å²) in [7, 11) is 0. The predicted octanol–water partition coefficient (Wildman–Crippen LogP) is 0.637. The van der Waals surface area contributed by atoms with Crippen LogP contribution in [0.1, 0.15) is 23.8 Å². The molecule has 2 aromatic rings. The van der Waals surface area contributed by atoms with Crippen LogP contribution in [-0.2, 0) is 4.74 Å². The van der Waals surface area contributed by atoms with Crippen LogP contribution in [0.15, 0.2) is 41.3 Å². The van der Waals surface area contributed by atoms with Crippen LogP contribution in [0.25, 0.3) is 12.2 Å². The Hall–Kier alpha value is -2.48. The number of hydrogen-bond donors (Lipinski definition) is 3. The smallest absolute Gasteiger partial charge is 0.351 e. The number of nitrogens with zero attached hydrogens (tertiary/aromatic N) is 2. The molecule has 0 bridgehead atoms. The number of benzene rings is 1. The van der Waals surface area contributed by atoms with Crippen molar-refractivity contribution in [2.75, 3.05) is 12.3 Å². The van der Waals surface area contributed by atoms with Crippen LogP contribution in [0.5, 0.6) is 0 Å². The van der Waals surface area contributed by atoms with E-state index in [2.05, 4.69) is 4.98 Å². The van der Waals surface area contributed by atoms with Crippen molar-refractivity contribution in [1.82, 2.24) is 9.55 Å². The van der Waals surface area contributed by atoms with Crippen molar-refractivity contribution in [2.45, 2.75) is 24.9 Å². The Morgan fingerprint density at radius 2 is 2.08 bits per heavy atom. The number of aromatic nitrogens is 2. The third-order valence-corrected chi connectivity index (χ3v) is 3.96. The van der Waals surface area contributed by atoms with Crippen LogP contribution in [-0.4, -0.2) is 38.6 Å².